The highest BCUT2D eigenvalue weighted by Gasteiger charge is 2.32. The van der Waals surface area contributed by atoms with Gasteiger partial charge in [-0.25, -0.2) is 0 Å². The summed E-state index contributed by atoms with van der Waals surface area (Å²) in [6, 6.07) is 11.2. The average Bonchev–Trinajstić information content (AvgIpc) is 3.51. The van der Waals surface area contributed by atoms with Crippen molar-refractivity contribution >= 4 is 21.8 Å². The maximum atomic E-state index is 13.1. The molecule has 10 heteroatoms. The van der Waals surface area contributed by atoms with Crippen LogP contribution in [0, 0.1) is 0 Å². The molecule has 2 aromatic carbocycles. The van der Waals surface area contributed by atoms with Crippen LogP contribution >= 0.6 is 0 Å². The van der Waals surface area contributed by atoms with Crippen LogP contribution in [0.5, 0.6) is 23.4 Å². The Bertz CT molecular complexity index is 1330. The maximum Gasteiger partial charge on any atom is 0.431 e. The van der Waals surface area contributed by atoms with Crippen molar-refractivity contribution in [3.05, 3.63) is 48.2 Å². The summed E-state index contributed by atoms with van der Waals surface area (Å²) >= 11 is 0. The van der Waals surface area contributed by atoms with Crippen molar-refractivity contribution in [3.8, 4) is 23.4 Å². The number of benzene rings is 2. The summed E-state index contributed by atoms with van der Waals surface area (Å²) in [5.74, 6) is 1.17. The van der Waals surface area contributed by atoms with Gasteiger partial charge in [0.2, 0.25) is 5.88 Å². The van der Waals surface area contributed by atoms with E-state index in [2.05, 4.69) is 19.9 Å². The van der Waals surface area contributed by atoms with Crippen LogP contribution in [0.15, 0.2) is 42.5 Å². The van der Waals surface area contributed by atoms with E-state index in [0.717, 1.165) is 32.1 Å². The smallest absolute Gasteiger partial charge is 0.431 e. The van der Waals surface area contributed by atoms with Gasteiger partial charge >= 0.3 is 12.2 Å². The second kappa shape index (κ2) is 9.61. The molecule has 0 atom stereocenters. The van der Waals surface area contributed by atoms with Crippen molar-refractivity contribution in [2.45, 2.75) is 25.4 Å². The van der Waals surface area contributed by atoms with Crippen LogP contribution in [-0.4, -0.2) is 53.2 Å². The molecule has 0 unspecified atom stereocenters. The van der Waals surface area contributed by atoms with E-state index in [-0.39, 0.29) is 11.9 Å². The van der Waals surface area contributed by atoms with Gasteiger partial charge in [-0.15, -0.1) is 0 Å². The van der Waals surface area contributed by atoms with Crippen molar-refractivity contribution in [1.29, 1.82) is 0 Å². The molecule has 1 aliphatic rings. The van der Waals surface area contributed by atoms with Gasteiger partial charge in [-0.2, -0.15) is 23.1 Å². The van der Waals surface area contributed by atoms with Crippen molar-refractivity contribution in [1.82, 2.24) is 19.9 Å². The number of likely N-dealkylation sites (tertiary alicyclic amines) is 1. The van der Waals surface area contributed by atoms with E-state index >= 15 is 0 Å². The number of aromatic nitrogens is 3. The third-order valence-corrected chi connectivity index (χ3v) is 6.01. The molecule has 0 radical (unpaired) electrons. The quantitative estimate of drug-likeness (QED) is 0.318. The summed E-state index contributed by atoms with van der Waals surface area (Å²) in [4.78, 5) is 13.7. The maximum absolute atomic E-state index is 13.1. The minimum Gasteiger partial charge on any atom is -0.497 e. The van der Waals surface area contributed by atoms with Gasteiger partial charge in [-0.05, 0) is 74.8 Å². The number of ether oxygens (including phenoxy) is 3. The Hall–Kier alpha value is -3.53. The Balaban J connectivity index is 1.40. The van der Waals surface area contributed by atoms with Crippen LogP contribution in [0.4, 0.5) is 13.2 Å². The molecule has 4 aromatic rings. The highest BCUT2D eigenvalue weighted by molar-refractivity contribution is 5.86. The van der Waals surface area contributed by atoms with Crippen LogP contribution in [0.3, 0.4) is 0 Å². The number of methoxy groups -OCH3 is 1. The molecule has 0 bridgehead atoms. The molecule has 5 rings (SSSR count). The van der Waals surface area contributed by atoms with Crippen molar-refractivity contribution in [2.24, 2.45) is 0 Å². The Labute approximate surface area is 199 Å². The number of hydrogen-bond donors (Lipinski definition) is 1. The molecule has 7 nitrogen and oxygen atoms in total. The molecule has 0 amide bonds. The summed E-state index contributed by atoms with van der Waals surface area (Å²) in [7, 11) is 1.55. The second-order valence-corrected chi connectivity index (χ2v) is 8.48. The molecule has 2 aromatic heterocycles. The SMILES string of the molecule is COc1ccc2nc(OCCCN3CCCC3)nc(Oc3ccc4[nH]c(C(F)(F)F)cc4c3)c2c1. The van der Waals surface area contributed by atoms with Crippen LogP contribution in [0.1, 0.15) is 25.0 Å². The Morgan fingerprint density at radius 1 is 1.00 bits per heavy atom. The predicted molar refractivity (Wildman–Crippen MR) is 125 cm³/mol. The Kier molecular flexibility index (Phi) is 6.38. The first-order chi connectivity index (χ1) is 16.9. The van der Waals surface area contributed by atoms with Gasteiger partial charge in [0.1, 0.15) is 17.2 Å². The highest BCUT2D eigenvalue weighted by atomic mass is 19.4. The van der Waals surface area contributed by atoms with Gasteiger partial charge in [-0.3, -0.25) is 0 Å². The van der Waals surface area contributed by atoms with Gasteiger partial charge in [-0.1, -0.05) is 0 Å². The number of rotatable bonds is 8. The van der Waals surface area contributed by atoms with Gasteiger partial charge in [0.25, 0.3) is 0 Å². The third kappa shape index (κ3) is 5.27. The molecule has 0 aliphatic carbocycles. The minimum atomic E-state index is -4.46. The number of nitrogens with one attached hydrogen (secondary N) is 1. The fraction of sp³-hybridized carbons (Fsp3) is 0.360. The van der Waals surface area contributed by atoms with Crippen molar-refractivity contribution in [2.75, 3.05) is 33.4 Å². The fourth-order valence-corrected chi connectivity index (χ4v) is 4.22. The molecule has 1 aliphatic heterocycles. The monoisotopic (exact) mass is 486 g/mol. The Morgan fingerprint density at radius 3 is 2.57 bits per heavy atom. The molecule has 1 N–H and O–H groups in total. The molecular formula is C25H25F3N4O3. The van der Waals surface area contributed by atoms with E-state index in [0.29, 0.717) is 39.9 Å². The third-order valence-electron chi connectivity index (χ3n) is 6.01. The summed E-state index contributed by atoms with van der Waals surface area (Å²) in [5.41, 5.74) is 0.153. The Morgan fingerprint density at radius 2 is 1.80 bits per heavy atom. The van der Waals surface area contributed by atoms with Crippen LogP contribution in [0.25, 0.3) is 21.8 Å². The predicted octanol–water partition coefficient (Wildman–Crippen LogP) is 5.80. The summed E-state index contributed by atoms with van der Waals surface area (Å²) in [6.07, 6.45) is -1.12. The van der Waals surface area contributed by atoms with Gasteiger partial charge in [0.05, 0.1) is 24.6 Å². The first kappa shape index (κ1) is 23.2. The zero-order valence-electron chi connectivity index (χ0n) is 19.2. The molecule has 35 heavy (non-hydrogen) atoms. The molecule has 3 heterocycles. The largest absolute Gasteiger partial charge is 0.497 e. The number of H-pyrrole nitrogens is 1. The topological polar surface area (TPSA) is 72.5 Å². The normalized spacial score (nSPS) is 14.6. The summed E-state index contributed by atoms with van der Waals surface area (Å²) in [5, 5.41) is 0.975. The number of aromatic amines is 1. The van der Waals surface area contributed by atoms with Crippen molar-refractivity contribution in [3.63, 3.8) is 0 Å². The van der Waals surface area contributed by atoms with E-state index < -0.39 is 11.9 Å². The van der Waals surface area contributed by atoms with Gasteiger partial charge in [0, 0.05) is 17.4 Å². The lowest BCUT2D eigenvalue weighted by atomic mass is 10.2. The lowest BCUT2D eigenvalue weighted by molar-refractivity contribution is -0.140. The molecular weight excluding hydrogens is 461 g/mol. The highest BCUT2D eigenvalue weighted by Crippen LogP contribution is 2.35. The number of alkyl halides is 3. The van der Waals surface area contributed by atoms with E-state index in [1.54, 1.807) is 37.4 Å². The molecule has 0 spiro atoms. The first-order valence-electron chi connectivity index (χ1n) is 11.5. The molecule has 0 saturated carbocycles. The lowest BCUT2D eigenvalue weighted by Crippen LogP contribution is -2.22. The zero-order valence-corrected chi connectivity index (χ0v) is 19.2. The van der Waals surface area contributed by atoms with Crippen LogP contribution < -0.4 is 14.2 Å². The number of fused-ring (bicyclic) bond motifs is 2. The van der Waals surface area contributed by atoms with Crippen LogP contribution in [-0.2, 0) is 6.18 Å². The molecule has 1 fully saturated rings. The fourth-order valence-electron chi connectivity index (χ4n) is 4.22. The second-order valence-electron chi connectivity index (χ2n) is 8.48. The van der Waals surface area contributed by atoms with E-state index in [1.807, 2.05) is 0 Å². The zero-order chi connectivity index (χ0) is 24.4. The van der Waals surface area contributed by atoms with Crippen molar-refractivity contribution < 1.29 is 27.4 Å². The minimum absolute atomic E-state index is 0.182. The average molecular weight is 486 g/mol. The van der Waals surface area contributed by atoms with Crippen LogP contribution in [0.2, 0.25) is 0 Å². The number of halogens is 3. The van der Waals surface area contributed by atoms with Gasteiger partial charge < -0.3 is 24.1 Å². The van der Waals surface area contributed by atoms with Gasteiger partial charge in [0.15, 0.2) is 0 Å². The molecule has 184 valence electrons. The van der Waals surface area contributed by atoms with E-state index in [4.69, 9.17) is 14.2 Å². The van der Waals surface area contributed by atoms with E-state index in [9.17, 15) is 13.2 Å². The lowest BCUT2D eigenvalue weighted by Gasteiger charge is -2.14. The number of nitrogens with zero attached hydrogens (tertiary/aromatic N) is 3. The standard InChI is InChI=1S/C25H25F3N4O3/c1-33-17-5-8-21-19(15-17)23(31-24(30-21)34-12-4-11-32-9-2-3-10-32)35-18-6-7-20-16(13-18)14-22(29-20)25(26,27)28/h5-8,13-15,29H,2-4,9-12H2,1H3. The number of hydrogen-bond acceptors (Lipinski definition) is 6. The summed E-state index contributed by atoms with van der Waals surface area (Å²) in [6.45, 7) is 3.68. The summed E-state index contributed by atoms with van der Waals surface area (Å²) < 4.78 is 56.4. The first-order valence-corrected chi connectivity index (χ1v) is 11.5. The van der Waals surface area contributed by atoms with E-state index in [1.165, 1.54) is 18.9 Å². The molecule has 1 saturated heterocycles.